The van der Waals surface area contributed by atoms with E-state index < -0.39 is 9.84 Å². The number of nitrogens with zero attached hydrogens (tertiary/aromatic N) is 2. The minimum atomic E-state index is -3.34. The lowest BCUT2D eigenvalue weighted by Gasteiger charge is -1.97. The molecule has 0 unspecified atom stereocenters. The van der Waals surface area contributed by atoms with Crippen molar-refractivity contribution in [2.24, 2.45) is 10.2 Å². The SMILES string of the molecule is C=CS(=O)(=O)c1ccc(N=NC)cc1. The van der Waals surface area contributed by atoms with Crippen LogP contribution in [0.2, 0.25) is 0 Å². The van der Waals surface area contributed by atoms with Crippen LogP contribution in [0.15, 0.2) is 51.4 Å². The Balaban J connectivity index is 3.12. The van der Waals surface area contributed by atoms with E-state index in [1.807, 2.05) is 0 Å². The fraction of sp³-hybridized carbons (Fsp3) is 0.111. The number of benzene rings is 1. The van der Waals surface area contributed by atoms with Crippen LogP contribution in [0.25, 0.3) is 0 Å². The molecule has 0 radical (unpaired) electrons. The van der Waals surface area contributed by atoms with E-state index >= 15 is 0 Å². The van der Waals surface area contributed by atoms with Gasteiger partial charge < -0.3 is 0 Å². The maximum absolute atomic E-state index is 11.3. The summed E-state index contributed by atoms with van der Waals surface area (Å²) in [5.41, 5.74) is 0.621. The van der Waals surface area contributed by atoms with Crippen LogP contribution in [-0.2, 0) is 9.84 Å². The molecule has 14 heavy (non-hydrogen) atoms. The van der Waals surface area contributed by atoms with Gasteiger partial charge in [-0.3, -0.25) is 0 Å². The van der Waals surface area contributed by atoms with Crippen molar-refractivity contribution in [1.82, 2.24) is 0 Å². The minimum absolute atomic E-state index is 0.211. The Morgan fingerprint density at radius 1 is 1.29 bits per heavy atom. The van der Waals surface area contributed by atoms with Gasteiger partial charge in [0.05, 0.1) is 10.6 Å². The van der Waals surface area contributed by atoms with E-state index in [1.54, 1.807) is 19.2 Å². The Bertz CT molecular complexity index is 446. The minimum Gasteiger partial charge on any atom is -0.219 e. The van der Waals surface area contributed by atoms with Crippen LogP contribution in [0.1, 0.15) is 0 Å². The van der Waals surface area contributed by atoms with Crippen LogP contribution in [-0.4, -0.2) is 15.5 Å². The van der Waals surface area contributed by atoms with Crippen molar-refractivity contribution >= 4 is 15.5 Å². The molecule has 0 fully saturated rings. The van der Waals surface area contributed by atoms with Crippen LogP contribution < -0.4 is 0 Å². The largest absolute Gasteiger partial charge is 0.219 e. The Morgan fingerprint density at radius 3 is 2.29 bits per heavy atom. The van der Waals surface area contributed by atoms with Crippen molar-refractivity contribution in [3.63, 3.8) is 0 Å². The molecule has 0 aliphatic rings. The van der Waals surface area contributed by atoms with Crippen LogP contribution in [0.3, 0.4) is 0 Å². The number of hydrogen-bond acceptors (Lipinski definition) is 4. The highest BCUT2D eigenvalue weighted by Crippen LogP contribution is 2.17. The van der Waals surface area contributed by atoms with E-state index in [0.717, 1.165) is 5.41 Å². The second kappa shape index (κ2) is 4.15. The third kappa shape index (κ3) is 2.26. The van der Waals surface area contributed by atoms with Crippen molar-refractivity contribution in [3.8, 4) is 0 Å². The molecule has 0 saturated carbocycles. The molecule has 0 saturated heterocycles. The summed E-state index contributed by atoms with van der Waals surface area (Å²) in [6.45, 7) is 3.24. The summed E-state index contributed by atoms with van der Waals surface area (Å²) in [4.78, 5) is 0.211. The first-order valence-electron chi connectivity index (χ1n) is 3.87. The lowest BCUT2D eigenvalue weighted by molar-refractivity contribution is 0.604. The first-order chi connectivity index (χ1) is 6.60. The summed E-state index contributed by atoms with van der Waals surface area (Å²) in [5, 5.41) is 8.25. The molecule has 0 atom stereocenters. The lowest BCUT2D eigenvalue weighted by atomic mass is 10.3. The molecule has 0 aliphatic heterocycles. The normalized spacial score (nSPS) is 11.8. The van der Waals surface area contributed by atoms with Gasteiger partial charge in [-0.2, -0.15) is 10.2 Å². The van der Waals surface area contributed by atoms with E-state index in [1.165, 1.54) is 12.1 Å². The van der Waals surface area contributed by atoms with Crippen LogP contribution in [0.5, 0.6) is 0 Å². The van der Waals surface area contributed by atoms with Gasteiger partial charge in [-0.25, -0.2) is 8.42 Å². The molecular formula is C9H10N2O2S. The van der Waals surface area contributed by atoms with Crippen LogP contribution in [0.4, 0.5) is 5.69 Å². The van der Waals surface area contributed by atoms with Crippen molar-refractivity contribution in [3.05, 3.63) is 36.3 Å². The monoisotopic (exact) mass is 210 g/mol. The molecule has 1 rings (SSSR count). The highest BCUT2D eigenvalue weighted by molar-refractivity contribution is 7.94. The number of azo groups is 1. The second-order valence-electron chi connectivity index (χ2n) is 2.51. The molecule has 0 bridgehead atoms. The fourth-order valence-corrected chi connectivity index (χ4v) is 1.62. The summed E-state index contributed by atoms with van der Waals surface area (Å²) in [6.07, 6.45) is 0. The standard InChI is InChI=1S/C9H10N2O2S/c1-3-14(12,13)9-6-4-8(5-7-9)11-10-2/h3-7H,1H2,2H3. The predicted octanol–water partition coefficient (Wildman–Crippen LogP) is 2.32. The fourth-order valence-electron chi connectivity index (χ4n) is 0.914. The average molecular weight is 210 g/mol. The Hall–Kier alpha value is -1.49. The topological polar surface area (TPSA) is 58.9 Å². The molecule has 0 N–H and O–H groups in total. The number of rotatable bonds is 3. The lowest BCUT2D eigenvalue weighted by Crippen LogP contribution is -1.94. The maximum atomic E-state index is 11.3. The Morgan fingerprint density at radius 2 is 1.86 bits per heavy atom. The van der Waals surface area contributed by atoms with Crippen LogP contribution in [0, 0.1) is 0 Å². The quantitative estimate of drug-likeness (QED) is 0.719. The van der Waals surface area contributed by atoms with Crippen LogP contribution >= 0.6 is 0 Å². The summed E-state index contributed by atoms with van der Waals surface area (Å²) in [5.74, 6) is 0. The summed E-state index contributed by atoms with van der Waals surface area (Å²) >= 11 is 0. The van der Waals surface area contributed by atoms with Crippen molar-refractivity contribution in [2.75, 3.05) is 7.05 Å². The van der Waals surface area contributed by atoms with Gasteiger partial charge in [0.15, 0.2) is 9.84 Å². The predicted molar refractivity (Wildman–Crippen MR) is 54.3 cm³/mol. The highest BCUT2D eigenvalue weighted by Gasteiger charge is 2.07. The van der Waals surface area contributed by atoms with Crippen molar-refractivity contribution in [2.45, 2.75) is 4.90 Å². The molecule has 0 aromatic heterocycles. The maximum Gasteiger partial charge on any atom is 0.199 e. The molecule has 0 aliphatic carbocycles. The molecule has 0 amide bonds. The molecule has 0 heterocycles. The van der Waals surface area contributed by atoms with Gasteiger partial charge >= 0.3 is 0 Å². The number of sulfone groups is 1. The average Bonchev–Trinajstić information content (AvgIpc) is 2.19. The zero-order valence-electron chi connectivity index (χ0n) is 7.71. The summed E-state index contributed by atoms with van der Waals surface area (Å²) < 4.78 is 22.6. The summed E-state index contributed by atoms with van der Waals surface area (Å²) in [6, 6.07) is 6.12. The smallest absolute Gasteiger partial charge is 0.199 e. The van der Waals surface area contributed by atoms with Gasteiger partial charge in [-0.15, -0.1) is 0 Å². The van der Waals surface area contributed by atoms with E-state index in [2.05, 4.69) is 16.8 Å². The number of hydrogen-bond donors (Lipinski definition) is 0. The molecule has 74 valence electrons. The van der Waals surface area contributed by atoms with Gasteiger partial charge in [-0.1, -0.05) is 6.58 Å². The van der Waals surface area contributed by atoms with E-state index in [9.17, 15) is 8.42 Å². The van der Waals surface area contributed by atoms with E-state index in [0.29, 0.717) is 5.69 Å². The van der Waals surface area contributed by atoms with Gasteiger partial charge in [0, 0.05) is 12.5 Å². The molecule has 0 spiro atoms. The van der Waals surface area contributed by atoms with Crippen molar-refractivity contribution < 1.29 is 8.42 Å². The van der Waals surface area contributed by atoms with E-state index in [4.69, 9.17) is 0 Å². The molecule has 1 aromatic carbocycles. The summed E-state index contributed by atoms with van der Waals surface area (Å²) in [7, 11) is -1.79. The third-order valence-corrected chi connectivity index (χ3v) is 2.97. The van der Waals surface area contributed by atoms with E-state index in [-0.39, 0.29) is 4.90 Å². The van der Waals surface area contributed by atoms with Crippen molar-refractivity contribution in [1.29, 1.82) is 0 Å². The zero-order valence-corrected chi connectivity index (χ0v) is 8.53. The molecule has 5 heteroatoms. The van der Waals surface area contributed by atoms with Gasteiger partial charge in [0.25, 0.3) is 0 Å². The van der Waals surface area contributed by atoms with Gasteiger partial charge in [0.1, 0.15) is 0 Å². The molecule has 4 nitrogen and oxygen atoms in total. The highest BCUT2D eigenvalue weighted by atomic mass is 32.2. The molecular weight excluding hydrogens is 200 g/mol. The van der Waals surface area contributed by atoms with Gasteiger partial charge in [0.2, 0.25) is 0 Å². The molecule has 1 aromatic rings. The Labute approximate surface area is 82.9 Å². The Kier molecular flexibility index (Phi) is 3.14. The first-order valence-corrected chi connectivity index (χ1v) is 5.42. The first kappa shape index (κ1) is 10.6. The third-order valence-electron chi connectivity index (χ3n) is 1.60. The zero-order chi connectivity index (χ0) is 10.6. The second-order valence-corrected chi connectivity index (χ2v) is 4.40. The van der Waals surface area contributed by atoms with Gasteiger partial charge in [-0.05, 0) is 24.3 Å².